The average Bonchev–Trinajstić information content (AvgIpc) is 2.95. The van der Waals surface area contributed by atoms with Crippen LogP contribution in [0.4, 0.5) is 0 Å². The first kappa shape index (κ1) is 24.6. The summed E-state index contributed by atoms with van der Waals surface area (Å²) in [7, 11) is 3.37. The van der Waals surface area contributed by atoms with Crippen molar-refractivity contribution in [3.8, 4) is 0 Å². The van der Waals surface area contributed by atoms with Crippen molar-refractivity contribution < 1.29 is 14.3 Å². The van der Waals surface area contributed by atoms with Crippen molar-refractivity contribution in [2.24, 2.45) is 5.41 Å². The normalized spacial score (nSPS) is 17.1. The molecule has 6 nitrogen and oxygen atoms in total. The second kappa shape index (κ2) is 11.3. The van der Waals surface area contributed by atoms with Gasteiger partial charge < -0.3 is 20.1 Å². The molecule has 2 heterocycles. The molecule has 2 N–H and O–H groups in total. The first-order chi connectivity index (χ1) is 11.0. The topological polar surface area (TPSA) is 72.5 Å². The van der Waals surface area contributed by atoms with Gasteiger partial charge in [-0.2, -0.15) is 0 Å². The molecular formula is C16H29Cl2N3O3S. The SMILES string of the molecule is COCC1(CNC(=O)c2sc(C(C)OC)nc2C)CCNCC1.Cl.Cl. The number of amides is 1. The minimum atomic E-state index is -0.0931. The fourth-order valence-corrected chi connectivity index (χ4v) is 3.90. The van der Waals surface area contributed by atoms with Crippen molar-refractivity contribution in [2.45, 2.75) is 32.8 Å². The first-order valence-corrected chi connectivity index (χ1v) is 8.81. The molecule has 1 unspecified atom stereocenters. The third kappa shape index (κ3) is 6.34. The van der Waals surface area contributed by atoms with E-state index in [0.29, 0.717) is 18.0 Å². The first-order valence-electron chi connectivity index (χ1n) is 7.99. The molecule has 1 aromatic rings. The van der Waals surface area contributed by atoms with Gasteiger partial charge in [-0.25, -0.2) is 4.98 Å². The summed E-state index contributed by atoms with van der Waals surface area (Å²) in [6.07, 6.45) is 1.92. The fourth-order valence-electron chi connectivity index (χ4n) is 2.89. The minimum absolute atomic E-state index is 0. The number of halogens is 2. The van der Waals surface area contributed by atoms with Crippen LogP contribution < -0.4 is 10.6 Å². The van der Waals surface area contributed by atoms with E-state index in [1.54, 1.807) is 14.2 Å². The number of rotatable bonds is 7. The summed E-state index contributed by atoms with van der Waals surface area (Å²) in [5, 5.41) is 7.28. The number of methoxy groups -OCH3 is 2. The van der Waals surface area contributed by atoms with Crippen molar-refractivity contribution in [1.82, 2.24) is 15.6 Å². The summed E-state index contributed by atoms with van der Waals surface area (Å²) in [5.41, 5.74) is 0.786. The zero-order chi connectivity index (χ0) is 16.9. The van der Waals surface area contributed by atoms with E-state index in [9.17, 15) is 4.79 Å². The van der Waals surface area contributed by atoms with Gasteiger partial charge in [0.25, 0.3) is 5.91 Å². The van der Waals surface area contributed by atoms with E-state index < -0.39 is 0 Å². The van der Waals surface area contributed by atoms with Gasteiger partial charge in [0, 0.05) is 26.2 Å². The standard InChI is InChI=1S/C16H27N3O3S.2ClH/c1-11-13(23-15(19-11)12(2)22-4)14(20)18-9-16(10-21-3)5-7-17-8-6-16;;/h12,17H,5-10H2,1-4H3,(H,18,20);2*1H. The Morgan fingerprint density at radius 1 is 1.36 bits per heavy atom. The molecule has 0 aliphatic carbocycles. The van der Waals surface area contributed by atoms with Crippen LogP contribution in [0.15, 0.2) is 0 Å². The molecule has 1 aliphatic rings. The van der Waals surface area contributed by atoms with Crippen LogP contribution >= 0.6 is 36.2 Å². The molecule has 0 radical (unpaired) electrons. The summed E-state index contributed by atoms with van der Waals surface area (Å²) in [4.78, 5) is 17.7. The predicted octanol–water partition coefficient (Wildman–Crippen LogP) is 2.75. The fraction of sp³-hybridized carbons (Fsp3) is 0.750. The van der Waals surface area contributed by atoms with Gasteiger partial charge in [0.1, 0.15) is 16.0 Å². The van der Waals surface area contributed by atoms with Crippen LogP contribution in [-0.2, 0) is 9.47 Å². The summed E-state index contributed by atoms with van der Waals surface area (Å²) in [6, 6.07) is 0. The van der Waals surface area contributed by atoms with Gasteiger partial charge in [0.05, 0.1) is 12.3 Å². The molecule has 0 saturated carbocycles. The lowest BCUT2D eigenvalue weighted by molar-refractivity contribution is 0.0512. The van der Waals surface area contributed by atoms with E-state index in [1.165, 1.54) is 11.3 Å². The van der Waals surface area contributed by atoms with E-state index >= 15 is 0 Å². The molecular weight excluding hydrogens is 385 g/mol. The molecule has 1 amide bonds. The number of thiazole rings is 1. The second-order valence-electron chi connectivity index (χ2n) is 6.21. The maximum Gasteiger partial charge on any atom is 0.263 e. The van der Waals surface area contributed by atoms with Crippen LogP contribution in [0.25, 0.3) is 0 Å². The van der Waals surface area contributed by atoms with E-state index in [4.69, 9.17) is 9.47 Å². The third-order valence-electron chi connectivity index (χ3n) is 4.46. The Morgan fingerprint density at radius 2 is 2.00 bits per heavy atom. The molecule has 1 fully saturated rings. The van der Waals surface area contributed by atoms with E-state index in [1.807, 2.05) is 13.8 Å². The Hall–Kier alpha value is -0.440. The molecule has 1 saturated heterocycles. The number of aryl methyl sites for hydroxylation is 1. The van der Waals surface area contributed by atoms with Crippen LogP contribution in [0.1, 0.15) is 46.2 Å². The Morgan fingerprint density at radius 3 is 2.56 bits per heavy atom. The quantitative estimate of drug-likeness (QED) is 0.718. The third-order valence-corrected chi connectivity index (χ3v) is 5.78. The molecule has 1 atom stereocenters. The number of carbonyl (C=O) groups excluding carboxylic acids is 1. The van der Waals surface area contributed by atoms with E-state index in [0.717, 1.165) is 36.6 Å². The molecule has 25 heavy (non-hydrogen) atoms. The lowest BCUT2D eigenvalue weighted by Crippen LogP contribution is -2.47. The van der Waals surface area contributed by atoms with Crippen molar-refractivity contribution in [2.75, 3.05) is 40.5 Å². The van der Waals surface area contributed by atoms with Gasteiger partial charge >= 0.3 is 0 Å². The van der Waals surface area contributed by atoms with Crippen LogP contribution in [0.5, 0.6) is 0 Å². The number of aromatic nitrogens is 1. The number of nitrogens with zero attached hydrogens (tertiary/aromatic N) is 1. The largest absolute Gasteiger partial charge is 0.384 e. The van der Waals surface area contributed by atoms with Crippen LogP contribution in [0, 0.1) is 12.3 Å². The van der Waals surface area contributed by atoms with Gasteiger partial charge in [-0.05, 0) is 39.8 Å². The maximum atomic E-state index is 12.5. The predicted molar refractivity (Wildman–Crippen MR) is 106 cm³/mol. The highest BCUT2D eigenvalue weighted by atomic mass is 35.5. The minimum Gasteiger partial charge on any atom is -0.384 e. The zero-order valence-electron chi connectivity index (χ0n) is 15.2. The number of piperidine rings is 1. The maximum absolute atomic E-state index is 12.5. The number of ether oxygens (including phenoxy) is 2. The lowest BCUT2D eigenvalue weighted by Gasteiger charge is -2.37. The summed E-state index contributed by atoms with van der Waals surface area (Å²) >= 11 is 1.41. The van der Waals surface area contributed by atoms with Crippen LogP contribution in [0.2, 0.25) is 0 Å². The number of hydrogen-bond acceptors (Lipinski definition) is 6. The Bertz CT molecular complexity index is 531. The molecule has 0 spiro atoms. The molecule has 0 bridgehead atoms. The van der Waals surface area contributed by atoms with Gasteiger partial charge in [-0.1, -0.05) is 0 Å². The Kier molecular flexibility index (Phi) is 11.1. The number of hydrogen-bond donors (Lipinski definition) is 2. The van der Waals surface area contributed by atoms with Crippen molar-refractivity contribution in [3.05, 3.63) is 15.6 Å². The average molecular weight is 414 g/mol. The summed E-state index contributed by atoms with van der Waals surface area (Å²) in [5.74, 6) is -0.0523. The lowest BCUT2D eigenvalue weighted by atomic mass is 9.79. The highest BCUT2D eigenvalue weighted by Crippen LogP contribution is 2.29. The number of carbonyl (C=O) groups is 1. The van der Waals surface area contributed by atoms with E-state index in [2.05, 4.69) is 15.6 Å². The van der Waals surface area contributed by atoms with Gasteiger partial charge in [-0.15, -0.1) is 36.2 Å². The van der Waals surface area contributed by atoms with Crippen LogP contribution in [-0.4, -0.2) is 51.4 Å². The van der Waals surface area contributed by atoms with Crippen molar-refractivity contribution in [1.29, 1.82) is 0 Å². The second-order valence-corrected chi connectivity index (χ2v) is 7.24. The van der Waals surface area contributed by atoms with Gasteiger partial charge in [-0.3, -0.25) is 4.79 Å². The summed E-state index contributed by atoms with van der Waals surface area (Å²) in [6.45, 7) is 7.04. The Balaban J connectivity index is 0.00000288. The number of nitrogens with one attached hydrogen (secondary N) is 2. The Labute approximate surface area is 166 Å². The van der Waals surface area contributed by atoms with Gasteiger partial charge in [0.15, 0.2) is 0 Å². The molecule has 1 aliphatic heterocycles. The molecule has 9 heteroatoms. The van der Waals surface area contributed by atoms with E-state index in [-0.39, 0.29) is 42.2 Å². The molecule has 146 valence electrons. The van der Waals surface area contributed by atoms with Crippen molar-refractivity contribution >= 4 is 42.1 Å². The highest BCUT2D eigenvalue weighted by Gasteiger charge is 2.33. The zero-order valence-corrected chi connectivity index (χ0v) is 17.7. The van der Waals surface area contributed by atoms with Gasteiger partial charge in [0.2, 0.25) is 0 Å². The monoisotopic (exact) mass is 413 g/mol. The summed E-state index contributed by atoms with van der Waals surface area (Å²) < 4.78 is 10.7. The van der Waals surface area contributed by atoms with Crippen LogP contribution in [0.3, 0.4) is 0 Å². The van der Waals surface area contributed by atoms with Crippen molar-refractivity contribution in [3.63, 3.8) is 0 Å². The molecule has 0 aromatic carbocycles. The smallest absolute Gasteiger partial charge is 0.263 e. The molecule has 1 aromatic heterocycles. The highest BCUT2D eigenvalue weighted by molar-refractivity contribution is 7.13. The molecule has 2 rings (SSSR count).